The summed E-state index contributed by atoms with van der Waals surface area (Å²) in [5.74, 6) is 0.832. The van der Waals surface area contributed by atoms with Crippen LogP contribution in [0.15, 0.2) is 24.3 Å². The van der Waals surface area contributed by atoms with Crippen LogP contribution in [-0.4, -0.2) is 20.7 Å². The van der Waals surface area contributed by atoms with Crippen molar-refractivity contribution in [1.82, 2.24) is 0 Å². The Morgan fingerprint density at radius 1 is 1.31 bits per heavy atom. The van der Waals surface area contributed by atoms with Crippen molar-refractivity contribution >= 4 is 14.1 Å². The van der Waals surface area contributed by atoms with E-state index >= 15 is 0 Å². The summed E-state index contributed by atoms with van der Waals surface area (Å²) in [6.45, 7) is 0.747. The lowest BCUT2D eigenvalue weighted by Gasteiger charge is -2.04. The third kappa shape index (κ3) is 3.32. The van der Waals surface area contributed by atoms with Gasteiger partial charge >= 0.3 is 0 Å². The van der Waals surface area contributed by atoms with E-state index in [1.54, 1.807) is 12.1 Å². The van der Waals surface area contributed by atoms with Crippen molar-refractivity contribution in [2.75, 3.05) is 6.61 Å². The Hall–Kier alpha value is -1.25. The molecule has 0 unspecified atom stereocenters. The minimum Gasteiger partial charge on any atom is -0.494 e. The number of benzene rings is 1. The Labute approximate surface area is 79.3 Å². The van der Waals surface area contributed by atoms with Gasteiger partial charge in [-0.2, -0.15) is 0 Å². The van der Waals surface area contributed by atoms with E-state index in [9.17, 15) is 4.79 Å². The quantitative estimate of drug-likeness (QED) is 0.384. The molecule has 1 aromatic rings. The first-order chi connectivity index (χ1) is 6.36. The van der Waals surface area contributed by atoms with Gasteiger partial charge < -0.3 is 4.74 Å². The second-order valence-electron chi connectivity index (χ2n) is 2.89. The molecule has 1 aromatic carbocycles. The van der Waals surface area contributed by atoms with Gasteiger partial charge in [-0.3, -0.25) is 4.79 Å². The Bertz CT molecular complexity index is 256. The third-order valence-electron chi connectivity index (χ3n) is 1.78. The summed E-state index contributed by atoms with van der Waals surface area (Å²) in [6, 6.07) is 7.15. The maximum atomic E-state index is 10.3. The summed E-state index contributed by atoms with van der Waals surface area (Å²) in [4.78, 5) is 10.3. The SMILES string of the molecule is BCCCOc1ccc(C=O)cc1. The molecule has 3 heteroatoms. The molecule has 0 bridgehead atoms. The smallest absolute Gasteiger partial charge is 0.150 e. The molecule has 0 radical (unpaired) electrons. The molecular weight excluding hydrogens is 163 g/mol. The number of hydrogen-bond donors (Lipinski definition) is 0. The number of rotatable bonds is 5. The van der Waals surface area contributed by atoms with Gasteiger partial charge in [-0.25, -0.2) is 0 Å². The fourth-order valence-corrected chi connectivity index (χ4v) is 0.977. The fraction of sp³-hybridized carbons (Fsp3) is 0.300. The first-order valence-electron chi connectivity index (χ1n) is 4.55. The van der Waals surface area contributed by atoms with Crippen LogP contribution in [-0.2, 0) is 0 Å². The fourth-order valence-electron chi connectivity index (χ4n) is 0.977. The lowest BCUT2D eigenvalue weighted by atomic mass is 10.0. The molecule has 0 spiro atoms. The van der Waals surface area contributed by atoms with Crippen molar-refractivity contribution < 1.29 is 9.53 Å². The molecule has 0 saturated heterocycles. The highest BCUT2D eigenvalue weighted by molar-refractivity contribution is 6.08. The Morgan fingerprint density at radius 2 is 2.00 bits per heavy atom. The molecular formula is C10H13BO2. The van der Waals surface area contributed by atoms with Crippen molar-refractivity contribution in [3.8, 4) is 5.75 Å². The molecule has 0 N–H and O–H groups in total. The average Bonchev–Trinajstić information content (AvgIpc) is 2.19. The van der Waals surface area contributed by atoms with Gasteiger partial charge in [0.2, 0.25) is 0 Å². The number of carbonyl (C=O) groups excluding carboxylic acids is 1. The molecule has 68 valence electrons. The van der Waals surface area contributed by atoms with Gasteiger partial charge in [0.15, 0.2) is 0 Å². The zero-order valence-electron chi connectivity index (χ0n) is 7.82. The molecule has 0 amide bonds. The van der Waals surface area contributed by atoms with Gasteiger partial charge in [-0.05, 0) is 30.7 Å². The average molecular weight is 176 g/mol. The topological polar surface area (TPSA) is 26.3 Å². The molecule has 0 heterocycles. The molecule has 0 atom stereocenters. The summed E-state index contributed by atoms with van der Waals surface area (Å²) in [5, 5.41) is 0. The summed E-state index contributed by atoms with van der Waals surface area (Å²) in [6.07, 6.45) is 3.03. The number of carbonyl (C=O) groups is 1. The summed E-state index contributed by atoms with van der Waals surface area (Å²) in [5.41, 5.74) is 0.683. The normalized spacial score (nSPS) is 9.54. The van der Waals surface area contributed by atoms with Gasteiger partial charge in [-0.15, -0.1) is 0 Å². The van der Waals surface area contributed by atoms with E-state index in [-0.39, 0.29) is 0 Å². The molecule has 0 saturated carbocycles. The van der Waals surface area contributed by atoms with E-state index in [0.717, 1.165) is 31.4 Å². The standard InChI is InChI=1S/C10H13BO2/c11-6-1-7-13-10-4-2-9(8-12)3-5-10/h2-5,8H,1,6-7,11H2. The molecule has 0 aliphatic heterocycles. The second kappa shape index (κ2) is 5.41. The second-order valence-corrected chi connectivity index (χ2v) is 2.89. The van der Waals surface area contributed by atoms with Crippen LogP contribution in [0.3, 0.4) is 0 Å². The molecule has 13 heavy (non-hydrogen) atoms. The van der Waals surface area contributed by atoms with E-state index in [1.807, 2.05) is 12.1 Å². The van der Waals surface area contributed by atoms with Crippen LogP contribution in [0.4, 0.5) is 0 Å². The van der Waals surface area contributed by atoms with Gasteiger partial charge in [0.25, 0.3) is 0 Å². The Balaban J connectivity index is 2.44. The van der Waals surface area contributed by atoms with E-state index < -0.39 is 0 Å². The van der Waals surface area contributed by atoms with Crippen molar-refractivity contribution in [1.29, 1.82) is 0 Å². The van der Waals surface area contributed by atoms with Crippen LogP contribution in [0.25, 0.3) is 0 Å². The number of hydrogen-bond acceptors (Lipinski definition) is 2. The summed E-state index contributed by atoms with van der Waals surface area (Å²) < 4.78 is 5.43. The van der Waals surface area contributed by atoms with Gasteiger partial charge in [0, 0.05) is 5.56 Å². The molecule has 0 aromatic heterocycles. The minimum atomic E-state index is 0.683. The minimum absolute atomic E-state index is 0.683. The van der Waals surface area contributed by atoms with E-state index in [2.05, 4.69) is 7.85 Å². The Kier molecular flexibility index (Phi) is 4.09. The predicted octanol–water partition coefficient (Wildman–Crippen LogP) is 1.32. The first kappa shape index (κ1) is 9.84. The predicted molar refractivity (Wildman–Crippen MR) is 55.3 cm³/mol. The largest absolute Gasteiger partial charge is 0.494 e. The van der Waals surface area contributed by atoms with Crippen LogP contribution in [0.5, 0.6) is 5.75 Å². The van der Waals surface area contributed by atoms with Crippen LogP contribution >= 0.6 is 0 Å². The Morgan fingerprint density at radius 3 is 2.54 bits per heavy atom. The highest BCUT2D eigenvalue weighted by atomic mass is 16.5. The maximum absolute atomic E-state index is 10.3. The first-order valence-corrected chi connectivity index (χ1v) is 4.55. The zero-order valence-corrected chi connectivity index (χ0v) is 7.82. The highest BCUT2D eigenvalue weighted by Crippen LogP contribution is 2.11. The van der Waals surface area contributed by atoms with E-state index in [0.29, 0.717) is 5.56 Å². The molecule has 1 rings (SSSR count). The monoisotopic (exact) mass is 176 g/mol. The lowest BCUT2D eigenvalue weighted by molar-refractivity contribution is 0.112. The zero-order chi connectivity index (χ0) is 9.52. The van der Waals surface area contributed by atoms with E-state index in [1.165, 1.54) is 0 Å². The summed E-state index contributed by atoms with van der Waals surface area (Å²) in [7, 11) is 2.12. The van der Waals surface area contributed by atoms with E-state index in [4.69, 9.17) is 4.74 Å². The van der Waals surface area contributed by atoms with Crippen molar-refractivity contribution in [3.63, 3.8) is 0 Å². The molecule has 2 nitrogen and oxygen atoms in total. The lowest BCUT2D eigenvalue weighted by Crippen LogP contribution is -1.96. The molecule has 0 aliphatic rings. The molecule has 0 fully saturated rings. The van der Waals surface area contributed by atoms with Gasteiger partial charge in [-0.1, -0.05) is 6.32 Å². The number of ether oxygens (including phenoxy) is 1. The van der Waals surface area contributed by atoms with Crippen molar-refractivity contribution in [3.05, 3.63) is 29.8 Å². The highest BCUT2D eigenvalue weighted by Gasteiger charge is 1.93. The third-order valence-corrected chi connectivity index (χ3v) is 1.78. The van der Waals surface area contributed by atoms with Crippen LogP contribution < -0.4 is 4.74 Å². The van der Waals surface area contributed by atoms with Crippen molar-refractivity contribution in [2.45, 2.75) is 12.7 Å². The maximum Gasteiger partial charge on any atom is 0.150 e. The van der Waals surface area contributed by atoms with Gasteiger partial charge in [0.1, 0.15) is 19.9 Å². The number of aldehydes is 1. The van der Waals surface area contributed by atoms with Crippen LogP contribution in [0, 0.1) is 0 Å². The summed E-state index contributed by atoms with van der Waals surface area (Å²) >= 11 is 0. The van der Waals surface area contributed by atoms with Crippen LogP contribution in [0.1, 0.15) is 16.8 Å². The van der Waals surface area contributed by atoms with Crippen molar-refractivity contribution in [2.24, 2.45) is 0 Å². The molecule has 0 aliphatic carbocycles. The van der Waals surface area contributed by atoms with Gasteiger partial charge in [0.05, 0.1) is 6.61 Å². The van der Waals surface area contributed by atoms with Crippen LogP contribution in [0.2, 0.25) is 6.32 Å².